The number of halogens is 1. The van der Waals surface area contributed by atoms with E-state index >= 15 is 0 Å². The van der Waals surface area contributed by atoms with Crippen LogP contribution in [0.15, 0.2) is 27.6 Å². The van der Waals surface area contributed by atoms with Crippen LogP contribution in [0.1, 0.15) is 31.6 Å². The normalized spacial score (nSPS) is 10.1. The molecule has 0 aromatic carbocycles. The van der Waals surface area contributed by atoms with Crippen molar-refractivity contribution in [1.82, 2.24) is 0 Å². The van der Waals surface area contributed by atoms with Gasteiger partial charge in [0, 0.05) is 15.8 Å². The van der Waals surface area contributed by atoms with Gasteiger partial charge in [-0.05, 0) is 46.3 Å². The van der Waals surface area contributed by atoms with Crippen molar-refractivity contribution in [3.05, 3.63) is 32.4 Å². The molecule has 0 atom stereocenters. The first kappa shape index (κ1) is 12.7. The van der Waals surface area contributed by atoms with E-state index in [0.717, 1.165) is 22.2 Å². The van der Waals surface area contributed by atoms with E-state index in [1.807, 2.05) is 11.4 Å². The maximum Gasteiger partial charge on any atom is 0.160 e. The zero-order valence-corrected chi connectivity index (χ0v) is 11.5. The van der Waals surface area contributed by atoms with Crippen molar-refractivity contribution >= 4 is 33.0 Å². The average Bonchev–Trinajstić information content (AvgIpc) is 2.61. The number of hydrogen-bond donors (Lipinski definition) is 0. The summed E-state index contributed by atoms with van der Waals surface area (Å²) in [6, 6.07) is 1.98. The van der Waals surface area contributed by atoms with Gasteiger partial charge >= 0.3 is 0 Å². The van der Waals surface area contributed by atoms with Crippen LogP contribution in [-0.2, 0) is 11.2 Å². The fourth-order valence-electron chi connectivity index (χ4n) is 1.34. The number of rotatable bonds is 5. The van der Waals surface area contributed by atoms with E-state index in [1.165, 1.54) is 5.57 Å². The maximum absolute atomic E-state index is 11.7. The average molecular weight is 287 g/mol. The number of carbonyl (C=O) groups is 1. The first-order chi connectivity index (χ1) is 7.17. The Morgan fingerprint density at radius 1 is 1.47 bits per heavy atom. The van der Waals surface area contributed by atoms with E-state index in [1.54, 1.807) is 17.4 Å². The lowest BCUT2D eigenvalue weighted by molar-refractivity contribution is -0.114. The van der Waals surface area contributed by atoms with Gasteiger partial charge in [-0.1, -0.05) is 19.4 Å². The minimum atomic E-state index is 0.205. The Bertz CT molecular complexity index is 359. The lowest BCUT2D eigenvalue weighted by atomic mass is 10.1. The quantitative estimate of drug-likeness (QED) is 0.735. The molecule has 0 saturated carbocycles. The molecule has 0 N–H and O–H groups in total. The second kappa shape index (κ2) is 6.23. The smallest absolute Gasteiger partial charge is 0.160 e. The van der Waals surface area contributed by atoms with Crippen LogP contribution in [0.4, 0.5) is 0 Å². The van der Waals surface area contributed by atoms with E-state index < -0.39 is 0 Å². The predicted molar refractivity (Wildman–Crippen MR) is 69.4 cm³/mol. The summed E-state index contributed by atoms with van der Waals surface area (Å²) < 4.78 is 1.05. The van der Waals surface area contributed by atoms with Crippen molar-refractivity contribution in [1.29, 1.82) is 0 Å². The second-order valence-electron chi connectivity index (χ2n) is 3.34. The van der Waals surface area contributed by atoms with Crippen LogP contribution in [-0.4, -0.2) is 5.78 Å². The molecule has 0 saturated heterocycles. The minimum absolute atomic E-state index is 0.205. The van der Waals surface area contributed by atoms with Gasteiger partial charge < -0.3 is 0 Å². The molecule has 0 bridgehead atoms. The molecule has 0 aliphatic rings. The van der Waals surface area contributed by atoms with Crippen LogP contribution < -0.4 is 0 Å². The van der Waals surface area contributed by atoms with Crippen molar-refractivity contribution in [3.8, 4) is 0 Å². The van der Waals surface area contributed by atoms with Crippen LogP contribution in [0, 0.1) is 0 Å². The number of allylic oxidation sites excluding steroid dienone is 2. The minimum Gasteiger partial charge on any atom is -0.294 e. The Balaban J connectivity index is 2.64. The second-order valence-corrected chi connectivity index (χ2v) is 5.20. The maximum atomic E-state index is 11.7. The Labute approximate surface area is 103 Å². The molecule has 1 aromatic rings. The van der Waals surface area contributed by atoms with E-state index in [0.29, 0.717) is 6.42 Å². The molecular formula is C12H15BrOS. The zero-order chi connectivity index (χ0) is 11.3. The SMILES string of the molecule is CCC(=CC(=O)Cc1sccc1Br)CC. The first-order valence-corrected chi connectivity index (χ1v) is 6.78. The third-order valence-corrected chi connectivity index (χ3v) is 4.23. The van der Waals surface area contributed by atoms with Crippen LogP contribution in [0.5, 0.6) is 0 Å². The van der Waals surface area contributed by atoms with Crippen LogP contribution in [0.2, 0.25) is 0 Å². The highest BCUT2D eigenvalue weighted by atomic mass is 79.9. The number of ketones is 1. The molecule has 1 nitrogen and oxygen atoms in total. The lowest BCUT2D eigenvalue weighted by Gasteiger charge is -1.99. The fourth-order valence-corrected chi connectivity index (χ4v) is 2.84. The van der Waals surface area contributed by atoms with Gasteiger partial charge in [0.05, 0.1) is 0 Å². The summed E-state index contributed by atoms with van der Waals surface area (Å²) in [7, 11) is 0. The van der Waals surface area contributed by atoms with E-state index in [2.05, 4.69) is 29.8 Å². The van der Waals surface area contributed by atoms with E-state index in [9.17, 15) is 4.79 Å². The Morgan fingerprint density at radius 2 is 2.13 bits per heavy atom. The number of hydrogen-bond acceptors (Lipinski definition) is 2. The fraction of sp³-hybridized carbons (Fsp3) is 0.417. The molecule has 0 aliphatic carbocycles. The molecular weight excluding hydrogens is 272 g/mol. The van der Waals surface area contributed by atoms with E-state index in [-0.39, 0.29) is 5.78 Å². The summed E-state index contributed by atoms with van der Waals surface area (Å²) in [6.45, 7) is 4.17. The van der Waals surface area contributed by atoms with Gasteiger partial charge in [0.2, 0.25) is 0 Å². The molecule has 3 heteroatoms. The first-order valence-electron chi connectivity index (χ1n) is 5.11. The summed E-state index contributed by atoms with van der Waals surface area (Å²) >= 11 is 5.06. The summed E-state index contributed by atoms with van der Waals surface area (Å²) in [4.78, 5) is 12.8. The van der Waals surface area contributed by atoms with Crippen LogP contribution in [0.25, 0.3) is 0 Å². The molecule has 82 valence electrons. The molecule has 0 fully saturated rings. The van der Waals surface area contributed by atoms with Gasteiger partial charge in [-0.3, -0.25) is 4.79 Å². The monoisotopic (exact) mass is 286 g/mol. The molecule has 0 aliphatic heterocycles. The van der Waals surface area contributed by atoms with Crippen molar-refractivity contribution in [2.75, 3.05) is 0 Å². The molecule has 0 spiro atoms. The molecule has 0 amide bonds. The van der Waals surface area contributed by atoms with Gasteiger partial charge in [0.1, 0.15) is 0 Å². The Kier molecular flexibility index (Phi) is 5.26. The third-order valence-electron chi connectivity index (χ3n) is 2.30. The molecule has 1 rings (SSSR count). The van der Waals surface area contributed by atoms with Crippen molar-refractivity contribution in [2.24, 2.45) is 0 Å². The molecule has 0 unspecified atom stereocenters. The van der Waals surface area contributed by atoms with Gasteiger partial charge in [-0.25, -0.2) is 0 Å². The third kappa shape index (κ3) is 3.92. The number of carbonyl (C=O) groups excluding carboxylic acids is 1. The Morgan fingerprint density at radius 3 is 2.60 bits per heavy atom. The summed E-state index contributed by atoms with van der Waals surface area (Å²) in [5.41, 5.74) is 1.23. The number of thiophene rings is 1. The van der Waals surface area contributed by atoms with Crippen LogP contribution >= 0.6 is 27.3 Å². The van der Waals surface area contributed by atoms with Crippen molar-refractivity contribution in [3.63, 3.8) is 0 Å². The summed E-state index contributed by atoms with van der Waals surface area (Å²) in [5.74, 6) is 0.205. The van der Waals surface area contributed by atoms with Gasteiger partial charge in [-0.2, -0.15) is 0 Å². The molecule has 15 heavy (non-hydrogen) atoms. The van der Waals surface area contributed by atoms with Gasteiger partial charge in [0.25, 0.3) is 0 Å². The van der Waals surface area contributed by atoms with Crippen molar-refractivity contribution in [2.45, 2.75) is 33.1 Å². The lowest BCUT2D eigenvalue weighted by Crippen LogP contribution is -1.98. The largest absolute Gasteiger partial charge is 0.294 e. The van der Waals surface area contributed by atoms with Gasteiger partial charge in [0.15, 0.2) is 5.78 Å². The summed E-state index contributed by atoms with van der Waals surface area (Å²) in [6.07, 6.45) is 4.25. The highest BCUT2D eigenvalue weighted by Gasteiger charge is 2.06. The van der Waals surface area contributed by atoms with Gasteiger partial charge in [-0.15, -0.1) is 11.3 Å². The zero-order valence-electron chi connectivity index (χ0n) is 9.05. The predicted octanol–water partition coefficient (Wildman–Crippen LogP) is 4.37. The molecule has 1 aromatic heterocycles. The Hall–Kier alpha value is -0.410. The standard InChI is InChI=1S/C12H15BrOS/c1-3-9(4-2)7-10(14)8-12-11(13)5-6-15-12/h5-7H,3-4,8H2,1-2H3. The molecule has 1 heterocycles. The van der Waals surface area contributed by atoms with Crippen molar-refractivity contribution < 1.29 is 4.79 Å². The topological polar surface area (TPSA) is 17.1 Å². The highest BCUT2D eigenvalue weighted by molar-refractivity contribution is 9.10. The molecule has 0 radical (unpaired) electrons. The highest BCUT2D eigenvalue weighted by Crippen LogP contribution is 2.23. The summed E-state index contributed by atoms with van der Waals surface area (Å²) in [5, 5.41) is 2.00. The van der Waals surface area contributed by atoms with E-state index in [4.69, 9.17) is 0 Å². The van der Waals surface area contributed by atoms with Crippen LogP contribution in [0.3, 0.4) is 0 Å².